The highest BCUT2D eigenvalue weighted by atomic mass is 35.5. The molecule has 1 saturated carbocycles. The molecule has 2 atom stereocenters. The van der Waals surface area contributed by atoms with Crippen molar-refractivity contribution in [2.45, 2.75) is 70.0 Å². The molecule has 1 aliphatic carbocycles. The van der Waals surface area contributed by atoms with Crippen LogP contribution >= 0.6 is 11.6 Å². The molecule has 0 saturated heterocycles. The van der Waals surface area contributed by atoms with Gasteiger partial charge in [-0.2, -0.15) is 0 Å². The second kappa shape index (κ2) is 8.17. The molecular formula is C18H29ClN2. The summed E-state index contributed by atoms with van der Waals surface area (Å²) in [4.78, 5) is 2.53. The van der Waals surface area contributed by atoms with E-state index in [0.29, 0.717) is 6.04 Å². The lowest BCUT2D eigenvalue weighted by molar-refractivity contribution is 0.135. The Morgan fingerprint density at radius 3 is 2.24 bits per heavy atom. The maximum atomic E-state index is 6.46. The lowest BCUT2D eigenvalue weighted by Gasteiger charge is -2.38. The Kier molecular flexibility index (Phi) is 6.53. The fraction of sp³-hybridized carbons (Fsp3) is 0.667. The smallest absolute Gasteiger partial charge is 0.0498 e. The number of hydrogen-bond donors (Lipinski definition) is 1. The molecule has 2 unspecified atom stereocenters. The molecule has 0 amide bonds. The molecular weight excluding hydrogens is 280 g/mol. The van der Waals surface area contributed by atoms with Gasteiger partial charge in [0.2, 0.25) is 0 Å². The van der Waals surface area contributed by atoms with Gasteiger partial charge in [-0.15, -0.1) is 0 Å². The highest BCUT2D eigenvalue weighted by Gasteiger charge is 2.28. The number of hydrogen-bond acceptors (Lipinski definition) is 2. The minimum Gasteiger partial charge on any atom is -0.326 e. The lowest BCUT2D eigenvalue weighted by atomic mass is 9.94. The molecule has 0 spiro atoms. The summed E-state index contributed by atoms with van der Waals surface area (Å²) in [5, 5.41) is 0.791. The Morgan fingerprint density at radius 1 is 1.14 bits per heavy atom. The molecule has 1 aromatic rings. The van der Waals surface area contributed by atoms with Crippen LogP contribution in [0, 0.1) is 0 Å². The third kappa shape index (κ3) is 4.45. The fourth-order valence-electron chi connectivity index (χ4n) is 3.56. The van der Waals surface area contributed by atoms with E-state index in [2.05, 4.69) is 31.0 Å². The van der Waals surface area contributed by atoms with E-state index in [1.54, 1.807) is 0 Å². The highest BCUT2D eigenvalue weighted by molar-refractivity contribution is 6.30. The molecule has 3 heteroatoms. The third-order valence-corrected chi connectivity index (χ3v) is 5.18. The SMILES string of the molecule is CCC(N)C(c1ccc(Cl)cc1)N(C)C1CCCCCC1. The average Bonchev–Trinajstić information content (AvgIpc) is 2.78. The van der Waals surface area contributed by atoms with E-state index in [9.17, 15) is 0 Å². The van der Waals surface area contributed by atoms with Crippen molar-refractivity contribution in [1.82, 2.24) is 4.90 Å². The average molecular weight is 309 g/mol. The van der Waals surface area contributed by atoms with Gasteiger partial charge >= 0.3 is 0 Å². The summed E-state index contributed by atoms with van der Waals surface area (Å²) < 4.78 is 0. The summed E-state index contributed by atoms with van der Waals surface area (Å²) in [6.45, 7) is 2.18. The molecule has 1 aliphatic rings. The van der Waals surface area contributed by atoms with E-state index in [4.69, 9.17) is 17.3 Å². The molecule has 0 aliphatic heterocycles. The molecule has 2 nitrogen and oxygen atoms in total. The van der Waals surface area contributed by atoms with E-state index >= 15 is 0 Å². The van der Waals surface area contributed by atoms with Crippen LogP contribution in [-0.2, 0) is 0 Å². The molecule has 2 rings (SSSR count). The van der Waals surface area contributed by atoms with Crippen LogP contribution < -0.4 is 5.73 Å². The third-order valence-electron chi connectivity index (χ3n) is 4.93. The van der Waals surface area contributed by atoms with Crippen molar-refractivity contribution < 1.29 is 0 Å². The number of benzene rings is 1. The second-order valence-electron chi connectivity index (χ2n) is 6.38. The van der Waals surface area contributed by atoms with Gasteiger partial charge in [0.15, 0.2) is 0 Å². The standard InChI is InChI=1S/C18H29ClN2/c1-3-17(20)18(14-10-12-15(19)13-11-14)21(2)16-8-6-4-5-7-9-16/h10-13,16-18H,3-9,20H2,1-2H3. The number of nitrogens with two attached hydrogens (primary N) is 1. The summed E-state index contributed by atoms with van der Waals surface area (Å²) in [5.74, 6) is 0. The largest absolute Gasteiger partial charge is 0.326 e. The van der Waals surface area contributed by atoms with Crippen LogP contribution in [0.2, 0.25) is 5.02 Å². The van der Waals surface area contributed by atoms with Crippen LogP contribution in [-0.4, -0.2) is 24.0 Å². The first kappa shape index (κ1) is 16.8. The summed E-state index contributed by atoms with van der Waals surface area (Å²) in [6.07, 6.45) is 9.07. The molecule has 1 aromatic carbocycles. The number of halogens is 1. The van der Waals surface area contributed by atoms with Gasteiger partial charge in [-0.25, -0.2) is 0 Å². The zero-order valence-corrected chi connectivity index (χ0v) is 14.1. The first-order chi connectivity index (χ1) is 10.1. The zero-order valence-electron chi connectivity index (χ0n) is 13.4. The molecule has 0 bridgehead atoms. The maximum absolute atomic E-state index is 6.46. The predicted octanol–water partition coefficient (Wildman–Crippen LogP) is 4.77. The predicted molar refractivity (Wildman–Crippen MR) is 91.7 cm³/mol. The van der Waals surface area contributed by atoms with Crippen molar-refractivity contribution in [3.05, 3.63) is 34.9 Å². The lowest BCUT2D eigenvalue weighted by Crippen LogP contribution is -2.43. The Morgan fingerprint density at radius 2 is 1.71 bits per heavy atom. The summed E-state index contributed by atoms with van der Waals surface area (Å²) in [6, 6.07) is 9.34. The van der Waals surface area contributed by atoms with Gasteiger partial charge in [0.1, 0.15) is 0 Å². The van der Waals surface area contributed by atoms with Crippen molar-refractivity contribution in [2.75, 3.05) is 7.05 Å². The van der Waals surface area contributed by atoms with Crippen molar-refractivity contribution in [3.8, 4) is 0 Å². The number of rotatable bonds is 5. The van der Waals surface area contributed by atoms with Gasteiger partial charge in [-0.3, -0.25) is 4.90 Å². The van der Waals surface area contributed by atoms with Crippen LogP contribution in [0.15, 0.2) is 24.3 Å². The zero-order chi connectivity index (χ0) is 15.2. The highest BCUT2D eigenvalue weighted by Crippen LogP contribution is 2.31. The van der Waals surface area contributed by atoms with Crippen molar-refractivity contribution in [2.24, 2.45) is 5.73 Å². The minimum absolute atomic E-state index is 0.166. The second-order valence-corrected chi connectivity index (χ2v) is 6.82. The van der Waals surface area contributed by atoms with Gasteiger partial charge in [0.05, 0.1) is 0 Å². The molecule has 0 aromatic heterocycles. The molecule has 21 heavy (non-hydrogen) atoms. The Bertz CT molecular complexity index is 410. The molecule has 0 radical (unpaired) electrons. The molecule has 0 heterocycles. The van der Waals surface area contributed by atoms with Crippen LogP contribution in [0.1, 0.15) is 63.5 Å². The fourth-order valence-corrected chi connectivity index (χ4v) is 3.69. The van der Waals surface area contributed by atoms with Crippen LogP contribution in [0.4, 0.5) is 0 Å². The quantitative estimate of drug-likeness (QED) is 0.794. The van der Waals surface area contributed by atoms with Crippen molar-refractivity contribution in [1.29, 1.82) is 0 Å². The van der Waals surface area contributed by atoms with Crippen LogP contribution in [0.5, 0.6) is 0 Å². The van der Waals surface area contributed by atoms with Gasteiger partial charge in [0.25, 0.3) is 0 Å². The maximum Gasteiger partial charge on any atom is 0.0498 e. The Balaban J connectivity index is 2.19. The van der Waals surface area contributed by atoms with Gasteiger partial charge in [0, 0.05) is 23.1 Å². The number of nitrogens with zero attached hydrogens (tertiary/aromatic N) is 1. The molecule has 1 fully saturated rings. The van der Waals surface area contributed by atoms with Gasteiger partial charge in [-0.1, -0.05) is 56.3 Å². The Hall–Kier alpha value is -0.570. The van der Waals surface area contributed by atoms with Crippen LogP contribution in [0.3, 0.4) is 0 Å². The molecule has 2 N–H and O–H groups in total. The monoisotopic (exact) mass is 308 g/mol. The minimum atomic E-state index is 0.166. The normalized spacial score (nSPS) is 20.2. The summed E-state index contributed by atoms with van der Waals surface area (Å²) in [5.41, 5.74) is 7.75. The van der Waals surface area contributed by atoms with Crippen molar-refractivity contribution >= 4 is 11.6 Å². The van der Waals surface area contributed by atoms with Crippen LogP contribution in [0.25, 0.3) is 0 Å². The van der Waals surface area contributed by atoms with E-state index in [1.807, 2.05) is 12.1 Å². The van der Waals surface area contributed by atoms with E-state index in [0.717, 1.165) is 11.4 Å². The first-order valence-corrected chi connectivity index (χ1v) is 8.74. The van der Waals surface area contributed by atoms with Gasteiger partial charge < -0.3 is 5.73 Å². The molecule has 118 valence electrons. The summed E-state index contributed by atoms with van der Waals surface area (Å²) >= 11 is 6.03. The summed E-state index contributed by atoms with van der Waals surface area (Å²) in [7, 11) is 2.25. The van der Waals surface area contributed by atoms with E-state index < -0.39 is 0 Å². The van der Waals surface area contributed by atoms with E-state index in [-0.39, 0.29) is 12.1 Å². The van der Waals surface area contributed by atoms with E-state index in [1.165, 1.54) is 44.1 Å². The van der Waals surface area contributed by atoms with Crippen molar-refractivity contribution in [3.63, 3.8) is 0 Å². The topological polar surface area (TPSA) is 29.3 Å². The Labute approximate surface area is 134 Å². The van der Waals surface area contributed by atoms with Gasteiger partial charge in [-0.05, 0) is 44.0 Å². The number of likely N-dealkylation sites (N-methyl/N-ethyl adjacent to an activating group) is 1. The first-order valence-electron chi connectivity index (χ1n) is 8.36.